The summed E-state index contributed by atoms with van der Waals surface area (Å²) >= 11 is 0. The van der Waals surface area contributed by atoms with Crippen molar-refractivity contribution >= 4 is 5.91 Å². The zero-order valence-corrected chi connectivity index (χ0v) is 9.63. The van der Waals surface area contributed by atoms with Crippen LogP contribution in [0.25, 0.3) is 0 Å². The van der Waals surface area contributed by atoms with Gasteiger partial charge >= 0.3 is 0 Å². The lowest BCUT2D eigenvalue weighted by Gasteiger charge is -2.19. The molecule has 1 unspecified atom stereocenters. The Bertz CT molecular complexity index is 423. The molecule has 2 N–H and O–H groups in total. The van der Waals surface area contributed by atoms with Crippen molar-refractivity contribution in [1.82, 2.24) is 10.6 Å². The molecule has 1 saturated heterocycles. The molecule has 0 radical (unpaired) electrons. The standard InChI is InChI=1S/C12H15FN2O2/c1-17-11-3-2-8(13)6-9(11)10-7-14-5-4-12(16)15-10/h2-3,6,10,14H,4-5,7H2,1H3,(H,15,16). The minimum Gasteiger partial charge on any atom is -0.496 e. The summed E-state index contributed by atoms with van der Waals surface area (Å²) in [5.74, 6) is 0.214. The molecule has 1 atom stereocenters. The van der Waals surface area contributed by atoms with Gasteiger partial charge in [0.15, 0.2) is 0 Å². The molecule has 4 nitrogen and oxygen atoms in total. The molecule has 2 rings (SSSR count). The molecule has 1 fully saturated rings. The second-order valence-corrected chi connectivity index (χ2v) is 3.96. The van der Waals surface area contributed by atoms with E-state index in [1.54, 1.807) is 6.07 Å². The molecular weight excluding hydrogens is 223 g/mol. The lowest BCUT2D eigenvalue weighted by atomic mass is 10.1. The van der Waals surface area contributed by atoms with Gasteiger partial charge in [0.25, 0.3) is 0 Å². The van der Waals surface area contributed by atoms with Crippen molar-refractivity contribution < 1.29 is 13.9 Å². The third kappa shape index (κ3) is 2.74. The molecule has 0 bridgehead atoms. The van der Waals surface area contributed by atoms with Crippen molar-refractivity contribution in [1.29, 1.82) is 0 Å². The van der Waals surface area contributed by atoms with Gasteiger partial charge in [0, 0.05) is 25.1 Å². The maximum absolute atomic E-state index is 13.2. The number of hydrogen-bond acceptors (Lipinski definition) is 3. The van der Waals surface area contributed by atoms with E-state index in [2.05, 4.69) is 10.6 Å². The Balaban J connectivity index is 2.30. The molecule has 1 heterocycles. The number of ether oxygens (including phenoxy) is 1. The molecule has 0 aliphatic carbocycles. The Labute approximate surface area is 99.2 Å². The second kappa shape index (κ2) is 5.14. The highest BCUT2D eigenvalue weighted by molar-refractivity contribution is 5.77. The van der Waals surface area contributed by atoms with Gasteiger partial charge < -0.3 is 15.4 Å². The number of hydrogen-bond donors (Lipinski definition) is 2. The zero-order chi connectivity index (χ0) is 12.3. The smallest absolute Gasteiger partial charge is 0.221 e. The maximum atomic E-state index is 13.2. The average molecular weight is 238 g/mol. The van der Waals surface area contributed by atoms with Gasteiger partial charge in [0.1, 0.15) is 11.6 Å². The quantitative estimate of drug-likeness (QED) is 0.807. The second-order valence-electron chi connectivity index (χ2n) is 3.96. The third-order valence-corrected chi connectivity index (χ3v) is 2.78. The van der Waals surface area contributed by atoms with E-state index >= 15 is 0 Å². The van der Waals surface area contributed by atoms with Crippen LogP contribution in [0.5, 0.6) is 5.75 Å². The molecule has 1 aromatic carbocycles. The summed E-state index contributed by atoms with van der Waals surface area (Å²) in [5, 5.41) is 5.98. The number of amides is 1. The summed E-state index contributed by atoms with van der Waals surface area (Å²) < 4.78 is 18.4. The van der Waals surface area contributed by atoms with Crippen molar-refractivity contribution in [2.75, 3.05) is 20.2 Å². The Morgan fingerprint density at radius 2 is 2.29 bits per heavy atom. The van der Waals surface area contributed by atoms with Crippen molar-refractivity contribution in [3.05, 3.63) is 29.6 Å². The van der Waals surface area contributed by atoms with E-state index < -0.39 is 0 Å². The van der Waals surface area contributed by atoms with Gasteiger partial charge in [-0.15, -0.1) is 0 Å². The largest absolute Gasteiger partial charge is 0.496 e. The predicted octanol–water partition coefficient (Wildman–Crippen LogP) is 0.985. The first kappa shape index (κ1) is 11.9. The van der Waals surface area contributed by atoms with E-state index in [1.165, 1.54) is 19.2 Å². The Morgan fingerprint density at radius 3 is 3.06 bits per heavy atom. The summed E-state index contributed by atoms with van der Waals surface area (Å²) in [7, 11) is 1.53. The molecule has 0 spiro atoms. The first-order chi connectivity index (χ1) is 8.20. The summed E-state index contributed by atoms with van der Waals surface area (Å²) in [6, 6.07) is 4.06. The fourth-order valence-corrected chi connectivity index (χ4v) is 1.93. The summed E-state index contributed by atoms with van der Waals surface area (Å²) in [6.45, 7) is 1.21. The molecular formula is C12H15FN2O2. The maximum Gasteiger partial charge on any atom is 0.221 e. The highest BCUT2D eigenvalue weighted by Gasteiger charge is 2.21. The van der Waals surface area contributed by atoms with E-state index in [0.29, 0.717) is 30.8 Å². The molecule has 17 heavy (non-hydrogen) atoms. The molecule has 1 amide bonds. The van der Waals surface area contributed by atoms with Gasteiger partial charge in [0.05, 0.1) is 13.2 Å². The summed E-state index contributed by atoms with van der Waals surface area (Å²) in [6.07, 6.45) is 0.439. The number of carbonyl (C=O) groups excluding carboxylic acids is 1. The van der Waals surface area contributed by atoms with Crippen molar-refractivity contribution in [3.63, 3.8) is 0 Å². The van der Waals surface area contributed by atoms with Gasteiger partial charge in [0.2, 0.25) is 5.91 Å². The Hall–Kier alpha value is -1.62. The van der Waals surface area contributed by atoms with Crippen LogP contribution in [-0.2, 0) is 4.79 Å². The van der Waals surface area contributed by atoms with E-state index in [9.17, 15) is 9.18 Å². The topological polar surface area (TPSA) is 50.4 Å². The lowest BCUT2D eigenvalue weighted by Crippen LogP contribution is -2.30. The number of rotatable bonds is 2. The zero-order valence-electron chi connectivity index (χ0n) is 9.63. The van der Waals surface area contributed by atoms with Crippen molar-refractivity contribution in [2.45, 2.75) is 12.5 Å². The summed E-state index contributed by atoms with van der Waals surface area (Å²) in [4.78, 5) is 11.5. The minimum atomic E-state index is -0.334. The SMILES string of the molecule is COc1ccc(F)cc1C1CNCCC(=O)N1. The van der Waals surface area contributed by atoms with E-state index in [1.807, 2.05) is 0 Å². The van der Waals surface area contributed by atoms with Crippen LogP contribution in [0.2, 0.25) is 0 Å². The number of benzene rings is 1. The molecule has 1 aliphatic rings. The van der Waals surface area contributed by atoms with Gasteiger partial charge in [-0.1, -0.05) is 0 Å². The lowest BCUT2D eigenvalue weighted by molar-refractivity contribution is -0.121. The molecule has 1 aliphatic heterocycles. The number of carbonyl (C=O) groups is 1. The van der Waals surface area contributed by atoms with Crippen molar-refractivity contribution in [3.8, 4) is 5.75 Å². The minimum absolute atomic E-state index is 0.0358. The van der Waals surface area contributed by atoms with Crippen LogP contribution in [0.1, 0.15) is 18.0 Å². The van der Waals surface area contributed by atoms with Crippen LogP contribution in [0, 0.1) is 5.82 Å². The highest BCUT2D eigenvalue weighted by atomic mass is 19.1. The first-order valence-corrected chi connectivity index (χ1v) is 5.54. The fraction of sp³-hybridized carbons (Fsp3) is 0.417. The molecule has 0 saturated carbocycles. The third-order valence-electron chi connectivity index (χ3n) is 2.78. The summed E-state index contributed by atoms with van der Waals surface area (Å²) in [5.41, 5.74) is 0.662. The fourth-order valence-electron chi connectivity index (χ4n) is 1.93. The van der Waals surface area contributed by atoms with Crippen LogP contribution in [0.4, 0.5) is 4.39 Å². The number of halogens is 1. The van der Waals surface area contributed by atoms with Crippen LogP contribution < -0.4 is 15.4 Å². The van der Waals surface area contributed by atoms with Gasteiger partial charge in [-0.05, 0) is 18.2 Å². The molecule has 5 heteroatoms. The van der Waals surface area contributed by atoms with E-state index in [-0.39, 0.29) is 17.8 Å². The monoisotopic (exact) mass is 238 g/mol. The van der Waals surface area contributed by atoms with E-state index in [0.717, 1.165) is 0 Å². The predicted molar refractivity (Wildman–Crippen MR) is 61.3 cm³/mol. The Kier molecular flexibility index (Phi) is 3.58. The average Bonchev–Trinajstić information content (AvgIpc) is 2.54. The van der Waals surface area contributed by atoms with Gasteiger partial charge in [-0.25, -0.2) is 4.39 Å². The van der Waals surface area contributed by atoms with Crippen LogP contribution >= 0.6 is 0 Å². The van der Waals surface area contributed by atoms with Gasteiger partial charge in [-0.2, -0.15) is 0 Å². The van der Waals surface area contributed by atoms with Crippen LogP contribution in [0.15, 0.2) is 18.2 Å². The molecule has 92 valence electrons. The van der Waals surface area contributed by atoms with Gasteiger partial charge in [-0.3, -0.25) is 4.79 Å². The number of methoxy groups -OCH3 is 1. The van der Waals surface area contributed by atoms with Crippen LogP contribution in [0.3, 0.4) is 0 Å². The molecule has 1 aromatic rings. The number of nitrogens with one attached hydrogen (secondary N) is 2. The normalized spacial score (nSPS) is 20.6. The first-order valence-electron chi connectivity index (χ1n) is 5.54. The highest BCUT2D eigenvalue weighted by Crippen LogP contribution is 2.26. The van der Waals surface area contributed by atoms with Crippen LogP contribution in [-0.4, -0.2) is 26.1 Å². The molecule has 0 aromatic heterocycles. The van der Waals surface area contributed by atoms with Crippen molar-refractivity contribution in [2.24, 2.45) is 0 Å². The Morgan fingerprint density at radius 1 is 1.47 bits per heavy atom. The van der Waals surface area contributed by atoms with E-state index in [4.69, 9.17) is 4.74 Å².